The van der Waals surface area contributed by atoms with Crippen molar-refractivity contribution in [3.05, 3.63) is 53.9 Å². The molecule has 1 heterocycles. The fraction of sp³-hybridized carbons (Fsp3) is 0.273. The van der Waals surface area contributed by atoms with Gasteiger partial charge in [0.1, 0.15) is 23.9 Å². The summed E-state index contributed by atoms with van der Waals surface area (Å²) in [5, 5.41) is 5.28. The Morgan fingerprint density at radius 2 is 1.90 bits per heavy atom. The SMILES string of the molecule is COc1ccc(-c2csc(NC(=O)CN(C)CCOc3ccccc3)n2)c(OC)c1. The lowest BCUT2D eigenvalue weighted by Gasteiger charge is -2.16. The van der Waals surface area contributed by atoms with Crippen molar-refractivity contribution >= 4 is 22.4 Å². The highest BCUT2D eigenvalue weighted by Crippen LogP contribution is 2.34. The molecule has 0 fully saturated rings. The van der Waals surface area contributed by atoms with Crippen LogP contribution in [-0.4, -0.2) is 56.8 Å². The summed E-state index contributed by atoms with van der Waals surface area (Å²) in [7, 11) is 5.09. The van der Waals surface area contributed by atoms with Crippen LogP contribution in [0.2, 0.25) is 0 Å². The van der Waals surface area contributed by atoms with Crippen molar-refractivity contribution in [1.29, 1.82) is 0 Å². The molecule has 0 saturated heterocycles. The number of benzene rings is 2. The fourth-order valence-electron chi connectivity index (χ4n) is 2.78. The number of nitrogens with one attached hydrogen (secondary N) is 1. The van der Waals surface area contributed by atoms with Crippen LogP contribution in [0.25, 0.3) is 11.3 Å². The van der Waals surface area contributed by atoms with Crippen LogP contribution in [-0.2, 0) is 4.79 Å². The highest BCUT2D eigenvalue weighted by molar-refractivity contribution is 7.14. The fourth-order valence-corrected chi connectivity index (χ4v) is 3.51. The van der Waals surface area contributed by atoms with Crippen molar-refractivity contribution in [2.45, 2.75) is 0 Å². The number of aromatic nitrogens is 1. The number of hydrogen-bond donors (Lipinski definition) is 1. The van der Waals surface area contributed by atoms with Gasteiger partial charge in [0.2, 0.25) is 5.91 Å². The highest BCUT2D eigenvalue weighted by Gasteiger charge is 2.13. The van der Waals surface area contributed by atoms with Crippen molar-refractivity contribution in [3.63, 3.8) is 0 Å². The molecule has 0 spiro atoms. The van der Waals surface area contributed by atoms with Gasteiger partial charge in [-0.05, 0) is 31.3 Å². The van der Waals surface area contributed by atoms with Crippen LogP contribution in [0.15, 0.2) is 53.9 Å². The smallest absolute Gasteiger partial charge is 0.240 e. The molecule has 0 aliphatic rings. The summed E-state index contributed by atoms with van der Waals surface area (Å²) in [6, 6.07) is 15.2. The minimum Gasteiger partial charge on any atom is -0.497 e. The van der Waals surface area contributed by atoms with Gasteiger partial charge >= 0.3 is 0 Å². The molecule has 0 unspecified atom stereocenters. The average molecular weight is 428 g/mol. The number of nitrogens with zero attached hydrogens (tertiary/aromatic N) is 2. The number of methoxy groups -OCH3 is 2. The molecule has 1 N–H and O–H groups in total. The van der Waals surface area contributed by atoms with Gasteiger partial charge in [-0.1, -0.05) is 18.2 Å². The number of para-hydroxylation sites is 1. The average Bonchev–Trinajstić information content (AvgIpc) is 3.21. The van der Waals surface area contributed by atoms with Crippen molar-refractivity contribution < 1.29 is 19.0 Å². The Morgan fingerprint density at radius 1 is 1.10 bits per heavy atom. The molecule has 0 saturated carbocycles. The molecule has 2 aromatic carbocycles. The third-order valence-corrected chi connectivity index (χ3v) is 5.09. The Morgan fingerprint density at radius 3 is 2.63 bits per heavy atom. The zero-order chi connectivity index (χ0) is 21.3. The lowest BCUT2D eigenvalue weighted by atomic mass is 10.1. The Bertz CT molecular complexity index is 962. The van der Waals surface area contributed by atoms with E-state index in [-0.39, 0.29) is 12.5 Å². The molecule has 30 heavy (non-hydrogen) atoms. The third kappa shape index (κ3) is 5.95. The van der Waals surface area contributed by atoms with Gasteiger partial charge in [-0.25, -0.2) is 4.98 Å². The van der Waals surface area contributed by atoms with E-state index >= 15 is 0 Å². The second-order valence-corrected chi connectivity index (χ2v) is 7.41. The number of rotatable bonds is 10. The molecular weight excluding hydrogens is 402 g/mol. The van der Waals surface area contributed by atoms with E-state index in [0.717, 1.165) is 17.0 Å². The van der Waals surface area contributed by atoms with Crippen molar-refractivity contribution in [2.24, 2.45) is 0 Å². The van der Waals surface area contributed by atoms with E-state index < -0.39 is 0 Å². The first-order chi connectivity index (χ1) is 14.6. The van der Waals surface area contributed by atoms with Gasteiger partial charge in [-0.2, -0.15) is 0 Å². The Kier molecular flexibility index (Phi) is 7.64. The summed E-state index contributed by atoms with van der Waals surface area (Å²) in [6.45, 7) is 1.39. The van der Waals surface area contributed by atoms with E-state index in [0.29, 0.717) is 29.8 Å². The summed E-state index contributed by atoms with van der Waals surface area (Å²) in [5.74, 6) is 2.06. The summed E-state index contributed by atoms with van der Waals surface area (Å²) in [4.78, 5) is 18.8. The van der Waals surface area contributed by atoms with E-state index in [9.17, 15) is 4.79 Å². The number of carbonyl (C=O) groups is 1. The maximum Gasteiger partial charge on any atom is 0.240 e. The van der Waals surface area contributed by atoms with E-state index in [2.05, 4.69) is 10.3 Å². The van der Waals surface area contributed by atoms with E-state index in [1.165, 1.54) is 11.3 Å². The van der Waals surface area contributed by atoms with Crippen LogP contribution >= 0.6 is 11.3 Å². The van der Waals surface area contributed by atoms with Crippen LogP contribution < -0.4 is 19.5 Å². The molecule has 0 atom stereocenters. The van der Waals surface area contributed by atoms with Crippen molar-refractivity contribution in [3.8, 4) is 28.5 Å². The number of carbonyl (C=O) groups excluding carboxylic acids is 1. The molecule has 158 valence electrons. The lowest BCUT2D eigenvalue weighted by molar-refractivity contribution is -0.117. The van der Waals surface area contributed by atoms with Gasteiger partial charge < -0.3 is 19.5 Å². The summed E-state index contributed by atoms with van der Waals surface area (Å²) < 4.78 is 16.3. The lowest BCUT2D eigenvalue weighted by Crippen LogP contribution is -2.33. The second-order valence-electron chi connectivity index (χ2n) is 6.55. The van der Waals surface area contributed by atoms with Crippen molar-refractivity contribution in [2.75, 3.05) is 46.3 Å². The first-order valence-corrected chi connectivity index (χ1v) is 10.3. The molecule has 3 rings (SSSR count). The predicted molar refractivity (Wildman–Crippen MR) is 119 cm³/mol. The topological polar surface area (TPSA) is 72.9 Å². The molecule has 0 aliphatic heterocycles. The highest BCUT2D eigenvalue weighted by atomic mass is 32.1. The number of amides is 1. The molecule has 1 amide bonds. The normalized spacial score (nSPS) is 10.7. The number of hydrogen-bond acceptors (Lipinski definition) is 7. The molecule has 0 aliphatic carbocycles. The number of ether oxygens (including phenoxy) is 3. The first-order valence-electron chi connectivity index (χ1n) is 9.43. The standard InChI is InChI=1S/C22H25N3O4S/c1-25(11-12-29-16-7-5-4-6-8-16)14-21(26)24-22-23-19(15-30-22)18-10-9-17(27-2)13-20(18)28-3/h4-10,13,15H,11-12,14H2,1-3H3,(H,23,24,26). The monoisotopic (exact) mass is 427 g/mol. The Hall–Kier alpha value is -3.10. The molecule has 0 bridgehead atoms. The number of anilines is 1. The molecule has 0 radical (unpaired) electrons. The summed E-state index contributed by atoms with van der Waals surface area (Å²) >= 11 is 1.37. The van der Waals surface area contributed by atoms with Crippen LogP contribution in [0, 0.1) is 0 Å². The molecule has 7 nitrogen and oxygen atoms in total. The van der Waals surface area contributed by atoms with Crippen LogP contribution in [0.5, 0.6) is 17.2 Å². The van der Waals surface area contributed by atoms with E-state index in [1.807, 2.05) is 59.8 Å². The number of likely N-dealkylation sites (N-methyl/N-ethyl adjacent to an activating group) is 1. The van der Waals surface area contributed by atoms with E-state index in [1.54, 1.807) is 20.3 Å². The molecule has 1 aromatic heterocycles. The molecular formula is C22H25N3O4S. The van der Waals surface area contributed by atoms with Crippen LogP contribution in [0.3, 0.4) is 0 Å². The quantitative estimate of drug-likeness (QED) is 0.531. The van der Waals surface area contributed by atoms with Gasteiger partial charge in [0.15, 0.2) is 5.13 Å². The second kappa shape index (κ2) is 10.6. The van der Waals surface area contributed by atoms with Gasteiger partial charge in [0, 0.05) is 23.6 Å². The largest absolute Gasteiger partial charge is 0.497 e. The first kappa shape index (κ1) is 21.6. The summed E-state index contributed by atoms with van der Waals surface area (Å²) in [5.41, 5.74) is 1.57. The van der Waals surface area contributed by atoms with Crippen LogP contribution in [0.4, 0.5) is 5.13 Å². The maximum atomic E-state index is 12.3. The predicted octanol–water partition coefficient (Wildman–Crippen LogP) is 3.78. The molecule has 8 heteroatoms. The minimum absolute atomic E-state index is 0.125. The summed E-state index contributed by atoms with van der Waals surface area (Å²) in [6.07, 6.45) is 0. The Labute approximate surface area is 180 Å². The van der Waals surface area contributed by atoms with Gasteiger partial charge in [0.05, 0.1) is 26.5 Å². The maximum absolute atomic E-state index is 12.3. The van der Waals surface area contributed by atoms with Gasteiger partial charge in [0.25, 0.3) is 0 Å². The Balaban J connectivity index is 1.51. The zero-order valence-corrected chi connectivity index (χ0v) is 18.1. The molecule has 3 aromatic rings. The third-order valence-electron chi connectivity index (χ3n) is 4.33. The number of thiazole rings is 1. The van der Waals surface area contributed by atoms with Crippen LogP contribution in [0.1, 0.15) is 0 Å². The van der Waals surface area contributed by atoms with Crippen molar-refractivity contribution in [1.82, 2.24) is 9.88 Å². The van der Waals surface area contributed by atoms with Gasteiger partial charge in [-0.3, -0.25) is 9.69 Å². The van der Waals surface area contributed by atoms with Gasteiger partial charge in [-0.15, -0.1) is 11.3 Å². The van der Waals surface area contributed by atoms with E-state index in [4.69, 9.17) is 14.2 Å². The minimum atomic E-state index is -0.125. The zero-order valence-electron chi connectivity index (χ0n) is 17.3.